The lowest BCUT2D eigenvalue weighted by Crippen LogP contribution is -2.55. The van der Waals surface area contributed by atoms with Crippen molar-refractivity contribution >= 4 is 5.78 Å². The maximum Gasteiger partial charge on any atom is 0.150 e. The average Bonchev–Trinajstić information content (AvgIpc) is 2.36. The smallest absolute Gasteiger partial charge is 0.150 e. The van der Waals surface area contributed by atoms with Gasteiger partial charge in [0.25, 0.3) is 0 Å². The van der Waals surface area contributed by atoms with Crippen LogP contribution in [0, 0.1) is 5.41 Å². The summed E-state index contributed by atoms with van der Waals surface area (Å²) >= 11 is 0. The third-order valence-corrected chi connectivity index (χ3v) is 3.82. The predicted octanol–water partition coefficient (Wildman–Crippen LogP) is 1.84. The molecule has 0 aromatic carbocycles. The average molecular weight is 181 g/mol. The Labute approximate surface area is 80.3 Å². The molecule has 3 rings (SSSR count). The Balaban J connectivity index is 2.27. The van der Waals surface area contributed by atoms with Gasteiger partial charge in [0.05, 0.1) is 5.54 Å². The summed E-state index contributed by atoms with van der Waals surface area (Å²) < 4.78 is 0. The van der Waals surface area contributed by atoms with E-state index in [4.69, 9.17) is 0 Å². The van der Waals surface area contributed by atoms with Gasteiger partial charge in [-0.3, -0.25) is 9.69 Å². The topological polar surface area (TPSA) is 20.3 Å². The fourth-order valence-corrected chi connectivity index (χ4v) is 3.37. The molecule has 2 nitrogen and oxygen atoms in total. The zero-order valence-electron chi connectivity index (χ0n) is 9.05. The van der Waals surface area contributed by atoms with Gasteiger partial charge in [0.1, 0.15) is 5.78 Å². The number of fused-ring (bicyclic) bond motifs is 1. The molecule has 0 atom stereocenters. The molecule has 2 bridgehead atoms. The number of hydrogen-bond acceptors (Lipinski definition) is 2. The number of ketones is 1. The maximum atomic E-state index is 11.6. The predicted molar refractivity (Wildman–Crippen MR) is 52.6 cm³/mol. The van der Waals surface area contributed by atoms with Crippen molar-refractivity contribution in [1.82, 2.24) is 4.90 Å². The fraction of sp³-hybridized carbons (Fsp3) is 0.909. The number of carbonyl (C=O) groups is 1. The molecule has 2 saturated heterocycles. The molecule has 3 fully saturated rings. The summed E-state index contributed by atoms with van der Waals surface area (Å²) in [5, 5.41) is 0. The largest absolute Gasteiger partial charge is 0.298 e. The Morgan fingerprint density at radius 3 is 2.23 bits per heavy atom. The first-order valence-corrected chi connectivity index (χ1v) is 5.17. The maximum absolute atomic E-state index is 11.6. The molecule has 0 spiro atoms. The van der Waals surface area contributed by atoms with Crippen LogP contribution >= 0.6 is 0 Å². The van der Waals surface area contributed by atoms with Crippen molar-refractivity contribution in [1.29, 1.82) is 0 Å². The van der Waals surface area contributed by atoms with Gasteiger partial charge in [-0.25, -0.2) is 0 Å². The second kappa shape index (κ2) is 2.35. The highest BCUT2D eigenvalue weighted by Gasteiger charge is 2.65. The van der Waals surface area contributed by atoms with Gasteiger partial charge in [-0.2, -0.15) is 0 Å². The minimum Gasteiger partial charge on any atom is -0.298 e. The Kier molecular flexibility index (Phi) is 1.66. The van der Waals surface area contributed by atoms with Gasteiger partial charge in [0, 0.05) is 12.6 Å². The summed E-state index contributed by atoms with van der Waals surface area (Å²) in [5.74, 6) is 0.371. The van der Waals surface area contributed by atoms with E-state index in [1.807, 2.05) is 0 Å². The van der Waals surface area contributed by atoms with Gasteiger partial charge in [-0.15, -0.1) is 0 Å². The van der Waals surface area contributed by atoms with Gasteiger partial charge >= 0.3 is 0 Å². The van der Waals surface area contributed by atoms with Crippen LogP contribution in [0.15, 0.2) is 0 Å². The number of nitrogens with zero attached hydrogens (tertiary/aromatic N) is 1. The first-order chi connectivity index (χ1) is 5.90. The van der Waals surface area contributed by atoms with Crippen LogP contribution in [0.1, 0.15) is 40.5 Å². The first kappa shape index (κ1) is 9.20. The van der Waals surface area contributed by atoms with E-state index in [1.54, 1.807) is 6.92 Å². The normalized spacial score (nSPS) is 43.8. The first-order valence-electron chi connectivity index (χ1n) is 5.17. The Morgan fingerprint density at radius 1 is 1.38 bits per heavy atom. The molecule has 13 heavy (non-hydrogen) atoms. The van der Waals surface area contributed by atoms with Gasteiger partial charge < -0.3 is 0 Å². The Morgan fingerprint density at radius 2 is 1.92 bits per heavy atom. The third-order valence-electron chi connectivity index (χ3n) is 3.82. The van der Waals surface area contributed by atoms with Crippen molar-refractivity contribution in [2.24, 2.45) is 5.41 Å². The minimum atomic E-state index is -0.0666. The van der Waals surface area contributed by atoms with Crippen molar-refractivity contribution in [3.05, 3.63) is 0 Å². The van der Waals surface area contributed by atoms with Crippen LogP contribution in [0.25, 0.3) is 0 Å². The van der Waals surface area contributed by atoms with Gasteiger partial charge in [-0.1, -0.05) is 6.92 Å². The van der Waals surface area contributed by atoms with Crippen LogP contribution in [0.3, 0.4) is 0 Å². The van der Waals surface area contributed by atoms with E-state index in [1.165, 1.54) is 0 Å². The fourth-order valence-electron chi connectivity index (χ4n) is 3.37. The summed E-state index contributed by atoms with van der Waals surface area (Å²) in [6.45, 7) is 9.55. The molecule has 2 heteroatoms. The van der Waals surface area contributed by atoms with Crippen molar-refractivity contribution in [3.63, 3.8) is 0 Å². The molecule has 1 aliphatic carbocycles. The van der Waals surface area contributed by atoms with Crippen LogP contribution in [-0.2, 0) is 4.79 Å². The molecule has 0 aromatic rings. The lowest BCUT2D eigenvalue weighted by atomic mass is 9.61. The molecule has 0 N–H and O–H groups in total. The summed E-state index contributed by atoms with van der Waals surface area (Å²) in [5.41, 5.74) is 0.374. The minimum absolute atomic E-state index is 0.0666. The second-order valence-electron chi connectivity index (χ2n) is 5.47. The summed E-state index contributed by atoms with van der Waals surface area (Å²) in [4.78, 5) is 14.0. The van der Waals surface area contributed by atoms with Gasteiger partial charge in [-0.05, 0) is 39.0 Å². The lowest BCUT2D eigenvalue weighted by Gasteiger charge is -2.45. The zero-order valence-corrected chi connectivity index (χ0v) is 9.05. The van der Waals surface area contributed by atoms with E-state index >= 15 is 0 Å². The number of hydrogen-bond donors (Lipinski definition) is 0. The highest BCUT2D eigenvalue weighted by atomic mass is 16.1. The van der Waals surface area contributed by atoms with Crippen LogP contribution in [0.4, 0.5) is 0 Å². The highest BCUT2D eigenvalue weighted by Crippen LogP contribution is 2.59. The highest BCUT2D eigenvalue weighted by molar-refractivity contribution is 5.88. The van der Waals surface area contributed by atoms with E-state index < -0.39 is 0 Å². The molecule has 1 saturated carbocycles. The monoisotopic (exact) mass is 181 g/mol. The van der Waals surface area contributed by atoms with E-state index in [0.29, 0.717) is 17.2 Å². The van der Waals surface area contributed by atoms with Crippen molar-refractivity contribution in [3.8, 4) is 0 Å². The van der Waals surface area contributed by atoms with Crippen LogP contribution < -0.4 is 0 Å². The molecule has 0 amide bonds. The summed E-state index contributed by atoms with van der Waals surface area (Å²) in [6, 6.07) is 0.508. The van der Waals surface area contributed by atoms with E-state index in [2.05, 4.69) is 25.7 Å². The molecule has 0 radical (unpaired) electrons. The van der Waals surface area contributed by atoms with Gasteiger partial charge in [0.2, 0.25) is 0 Å². The Bertz CT molecular complexity index is 251. The Hall–Kier alpha value is -0.370. The van der Waals surface area contributed by atoms with E-state index in [-0.39, 0.29) is 5.54 Å². The third kappa shape index (κ3) is 1.01. The van der Waals surface area contributed by atoms with Gasteiger partial charge in [0.15, 0.2) is 0 Å². The van der Waals surface area contributed by atoms with Crippen molar-refractivity contribution < 1.29 is 4.79 Å². The molecule has 3 aliphatic rings. The molecule has 0 aromatic heterocycles. The van der Waals surface area contributed by atoms with Crippen molar-refractivity contribution in [2.75, 3.05) is 6.54 Å². The summed E-state index contributed by atoms with van der Waals surface area (Å²) in [6.07, 6.45) is 2.18. The van der Waals surface area contributed by atoms with Crippen LogP contribution in [-0.4, -0.2) is 28.8 Å². The van der Waals surface area contributed by atoms with Crippen LogP contribution in [0.2, 0.25) is 0 Å². The number of carbonyl (C=O) groups excluding carboxylic acids is 1. The quantitative estimate of drug-likeness (QED) is 0.648. The molecule has 2 heterocycles. The molecule has 0 unspecified atom stereocenters. The van der Waals surface area contributed by atoms with Crippen molar-refractivity contribution in [2.45, 2.75) is 52.1 Å². The standard InChI is InChI=1S/C11H19NO/c1-8(2)12-7-10(4)5-11(12,6-10)9(3)13/h8H,5-7H2,1-4H3. The lowest BCUT2D eigenvalue weighted by molar-refractivity contribution is -0.132. The number of rotatable bonds is 2. The molecular weight excluding hydrogens is 162 g/mol. The molecule has 2 aliphatic heterocycles. The molecular formula is C11H19NO. The van der Waals surface area contributed by atoms with E-state index in [0.717, 1.165) is 19.4 Å². The number of Topliss-reactive ketones (excluding diaryl/α,β-unsaturated/α-hetero) is 1. The van der Waals surface area contributed by atoms with E-state index in [9.17, 15) is 4.79 Å². The molecule has 74 valence electrons. The van der Waals surface area contributed by atoms with Crippen LogP contribution in [0.5, 0.6) is 0 Å². The second-order valence-corrected chi connectivity index (χ2v) is 5.47. The SMILES string of the molecule is CC(=O)C12CC(C)(CN1C(C)C)C2. The summed E-state index contributed by atoms with van der Waals surface area (Å²) in [7, 11) is 0. The zero-order chi connectivity index (χ0) is 9.85.